The van der Waals surface area contributed by atoms with Crippen LogP contribution in [0.3, 0.4) is 0 Å². The molecule has 1 aromatic heterocycles. The van der Waals surface area contributed by atoms with E-state index in [1.807, 2.05) is 6.92 Å². The molecule has 6 heteroatoms. The van der Waals surface area contributed by atoms with Crippen LogP contribution >= 0.6 is 0 Å². The van der Waals surface area contributed by atoms with Crippen molar-refractivity contribution in [2.75, 3.05) is 0 Å². The van der Waals surface area contributed by atoms with Crippen molar-refractivity contribution in [2.45, 2.75) is 70.6 Å². The molecule has 2 atom stereocenters. The Labute approximate surface area is 119 Å². The Morgan fingerprint density at radius 2 is 2.20 bits per heavy atom. The molecular weight excluding hydrogens is 256 g/mol. The van der Waals surface area contributed by atoms with Crippen molar-refractivity contribution >= 4 is 5.91 Å². The van der Waals surface area contributed by atoms with Crippen LogP contribution in [0.2, 0.25) is 0 Å². The Hall–Kier alpha value is -1.43. The zero-order valence-corrected chi connectivity index (χ0v) is 12.2. The summed E-state index contributed by atoms with van der Waals surface area (Å²) in [5, 5.41) is 20.7. The number of carbonyl (C=O) groups is 1. The van der Waals surface area contributed by atoms with E-state index in [4.69, 9.17) is 0 Å². The maximum Gasteiger partial charge on any atom is 0.244 e. The number of aliphatic hydroxyl groups excluding tert-OH is 1. The minimum Gasteiger partial charge on any atom is -0.387 e. The summed E-state index contributed by atoms with van der Waals surface area (Å²) in [6.07, 6.45) is 7.40. The quantitative estimate of drug-likeness (QED) is 0.861. The Bertz CT molecular complexity index is 440. The highest BCUT2D eigenvalue weighted by molar-refractivity contribution is 5.80. The summed E-state index contributed by atoms with van der Waals surface area (Å²) in [6, 6.07) is -0.106. The van der Waals surface area contributed by atoms with Crippen molar-refractivity contribution < 1.29 is 9.90 Å². The van der Waals surface area contributed by atoms with E-state index in [-0.39, 0.29) is 5.91 Å². The Morgan fingerprint density at radius 1 is 1.50 bits per heavy atom. The lowest BCUT2D eigenvalue weighted by Crippen LogP contribution is -2.40. The fourth-order valence-corrected chi connectivity index (χ4v) is 2.53. The standard InChI is InChI=1S/C14H24N4O2/c1-3-13(19)12-9-18(17-16-12)10(2)14(20)15-11-7-5-4-6-8-11/h9-11,13,19H,3-8H2,1-2H3,(H,15,20). The summed E-state index contributed by atoms with van der Waals surface area (Å²) >= 11 is 0. The predicted molar refractivity (Wildman–Crippen MR) is 75.0 cm³/mol. The van der Waals surface area contributed by atoms with Gasteiger partial charge in [-0.15, -0.1) is 5.10 Å². The molecule has 0 spiro atoms. The third-order valence-electron chi connectivity index (χ3n) is 3.98. The van der Waals surface area contributed by atoms with Crippen molar-refractivity contribution in [1.82, 2.24) is 20.3 Å². The van der Waals surface area contributed by atoms with Crippen molar-refractivity contribution in [2.24, 2.45) is 0 Å². The van der Waals surface area contributed by atoms with E-state index in [0.717, 1.165) is 12.8 Å². The number of rotatable bonds is 5. The number of amides is 1. The predicted octanol–water partition coefficient (Wildman–Crippen LogP) is 1.73. The van der Waals surface area contributed by atoms with Crippen molar-refractivity contribution in [3.63, 3.8) is 0 Å². The molecular formula is C14H24N4O2. The van der Waals surface area contributed by atoms with Gasteiger partial charge in [0.2, 0.25) is 5.91 Å². The largest absolute Gasteiger partial charge is 0.387 e. The number of carbonyl (C=O) groups excluding carboxylic acids is 1. The molecule has 1 saturated carbocycles. The van der Waals surface area contributed by atoms with E-state index in [1.54, 1.807) is 13.1 Å². The van der Waals surface area contributed by atoms with Crippen LogP contribution in [-0.2, 0) is 4.79 Å². The molecule has 2 N–H and O–H groups in total. The van der Waals surface area contributed by atoms with Crippen molar-refractivity contribution in [3.05, 3.63) is 11.9 Å². The number of aromatic nitrogens is 3. The highest BCUT2D eigenvalue weighted by Crippen LogP contribution is 2.19. The van der Waals surface area contributed by atoms with Gasteiger partial charge in [-0.1, -0.05) is 31.4 Å². The summed E-state index contributed by atoms with van der Waals surface area (Å²) in [7, 11) is 0. The molecule has 0 bridgehead atoms. The van der Waals surface area contributed by atoms with Crippen LogP contribution in [-0.4, -0.2) is 32.0 Å². The van der Waals surface area contributed by atoms with Gasteiger partial charge in [-0.2, -0.15) is 0 Å². The van der Waals surface area contributed by atoms with Gasteiger partial charge in [-0.3, -0.25) is 4.79 Å². The Kier molecular flexibility index (Phi) is 5.11. The number of hydrogen-bond acceptors (Lipinski definition) is 4. The van der Waals surface area contributed by atoms with E-state index in [0.29, 0.717) is 18.2 Å². The molecule has 1 amide bonds. The topological polar surface area (TPSA) is 80.0 Å². The van der Waals surface area contributed by atoms with E-state index in [9.17, 15) is 9.90 Å². The third kappa shape index (κ3) is 3.56. The Balaban J connectivity index is 1.93. The first-order valence-electron chi connectivity index (χ1n) is 7.52. The second-order valence-electron chi connectivity index (χ2n) is 5.57. The number of nitrogens with zero attached hydrogens (tertiary/aromatic N) is 3. The minimum atomic E-state index is -0.614. The van der Waals surface area contributed by atoms with Crippen LogP contribution < -0.4 is 5.32 Å². The SMILES string of the molecule is CCC(O)c1cn(C(C)C(=O)NC2CCCCC2)nn1. The number of nitrogens with one attached hydrogen (secondary N) is 1. The summed E-state index contributed by atoms with van der Waals surface area (Å²) in [5.74, 6) is -0.0284. The summed E-state index contributed by atoms with van der Waals surface area (Å²) in [6.45, 7) is 3.68. The average molecular weight is 280 g/mol. The van der Waals surface area contributed by atoms with E-state index in [2.05, 4.69) is 15.6 Å². The summed E-state index contributed by atoms with van der Waals surface area (Å²) in [4.78, 5) is 12.2. The van der Waals surface area contributed by atoms with Crippen LogP contribution in [0, 0.1) is 0 Å². The first kappa shape index (κ1) is 15.0. The monoisotopic (exact) mass is 280 g/mol. The number of hydrogen-bond donors (Lipinski definition) is 2. The fraction of sp³-hybridized carbons (Fsp3) is 0.786. The highest BCUT2D eigenvalue weighted by Gasteiger charge is 2.22. The molecule has 112 valence electrons. The van der Waals surface area contributed by atoms with E-state index >= 15 is 0 Å². The molecule has 0 radical (unpaired) electrons. The van der Waals surface area contributed by atoms with Gasteiger partial charge < -0.3 is 10.4 Å². The maximum atomic E-state index is 12.2. The van der Waals surface area contributed by atoms with Gasteiger partial charge >= 0.3 is 0 Å². The van der Waals surface area contributed by atoms with Gasteiger partial charge in [0, 0.05) is 6.04 Å². The first-order valence-corrected chi connectivity index (χ1v) is 7.52. The van der Waals surface area contributed by atoms with E-state index < -0.39 is 12.1 Å². The third-order valence-corrected chi connectivity index (χ3v) is 3.98. The van der Waals surface area contributed by atoms with Gasteiger partial charge in [-0.25, -0.2) is 4.68 Å². The lowest BCUT2D eigenvalue weighted by atomic mass is 9.95. The molecule has 1 aliphatic carbocycles. The molecule has 1 heterocycles. The van der Waals surface area contributed by atoms with Crippen molar-refractivity contribution in [3.8, 4) is 0 Å². The van der Waals surface area contributed by atoms with Gasteiger partial charge in [0.05, 0.1) is 12.3 Å². The molecule has 2 rings (SSSR count). The smallest absolute Gasteiger partial charge is 0.244 e. The fourth-order valence-electron chi connectivity index (χ4n) is 2.53. The zero-order valence-electron chi connectivity index (χ0n) is 12.2. The molecule has 1 aliphatic rings. The molecule has 1 aromatic rings. The minimum absolute atomic E-state index is 0.0284. The maximum absolute atomic E-state index is 12.2. The van der Waals surface area contributed by atoms with Gasteiger partial charge in [0.25, 0.3) is 0 Å². The molecule has 2 unspecified atom stereocenters. The van der Waals surface area contributed by atoms with Crippen LogP contribution in [0.4, 0.5) is 0 Å². The highest BCUT2D eigenvalue weighted by atomic mass is 16.3. The zero-order chi connectivity index (χ0) is 14.5. The molecule has 0 aromatic carbocycles. The van der Waals surface area contributed by atoms with Crippen LogP contribution in [0.1, 0.15) is 70.2 Å². The summed E-state index contributed by atoms with van der Waals surface area (Å²) < 4.78 is 1.52. The second-order valence-corrected chi connectivity index (χ2v) is 5.57. The normalized spacial score (nSPS) is 19.6. The first-order chi connectivity index (χ1) is 9.61. The van der Waals surface area contributed by atoms with Gasteiger partial charge in [0.1, 0.15) is 11.7 Å². The second kappa shape index (κ2) is 6.83. The lowest BCUT2D eigenvalue weighted by Gasteiger charge is -2.24. The van der Waals surface area contributed by atoms with Crippen LogP contribution in [0.5, 0.6) is 0 Å². The van der Waals surface area contributed by atoms with Gasteiger partial charge in [0.15, 0.2) is 0 Å². The molecule has 20 heavy (non-hydrogen) atoms. The van der Waals surface area contributed by atoms with Gasteiger partial charge in [-0.05, 0) is 26.2 Å². The lowest BCUT2D eigenvalue weighted by molar-refractivity contribution is -0.125. The van der Waals surface area contributed by atoms with E-state index in [1.165, 1.54) is 23.9 Å². The molecule has 1 fully saturated rings. The van der Waals surface area contributed by atoms with Crippen LogP contribution in [0.25, 0.3) is 0 Å². The molecule has 0 aliphatic heterocycles. The average Bonchev–Trinajstić information content (AvgIpc) is 2.96. The molecule has 0 saturated heterocycles. The number of aliphatic hydroxyl groups is 1. The molecule has 6 nitrogen and oxygen atoms in total. The Morgan fingerprint density at radius 3 is 2.85 bits per heavy atom. The van der Waals surface area contributed by atoms with Crippen LogP contribution in [0.15, 0.2) is 6.20 Å². The van der Waals surface area contributed by atoms with Crippen molar-refractivity contribution in [1.29, 1.82) is 0 Å². The summed E-state index contributed by atoms with van der Waals surface area (Å²) in [5.41, 5.74) is 0.518.